The van der Waals surface area contributed by atoms with Crippen LogP contribution in [0.2, 0.25) is 0 Å². The number of likely N-dealkylation sites (tertiary alicyclic amines) is 1. The number of hydrogen-bond acceptors (Lipinski definition) is 5. The lowest BCUT2D eigenvalue weighted by molar-refractivity contribution is -0.386. The van der Waals surface area contributed by atoms with E-state index < -0.39 is 10.5 Å². The lowest BCUT2D eigenvalue weighted by Gasteiger charge is -2.43. The highest BCUT2D eigenvalue weighted by Crippen LogP contribution is 2.36. The molecule has 0 N–H and O–H groups in total. The maximum Gasteiger partial charge on any atom is 0.334 e. The Morgan fingerprint density at radius 2 is 2.03 bits per heavy atom. The Morgan fingerprint density at radius 1 is 1.28 bits per heavy atom. The normalized spacial score (nSPS) is 21.5. The molecule has 0 radical (unpaired) electrons. The maximum absolute atomic E-state index is 13.4. The van der Waals surface area contributed by atoms with Crippen molar-refractivity contribution in [2.24, 2.45) is 5.92 Å². The van der Waals surface area contributed by atoms with Gasteiger partial charge in [-0.1, -0.05) is 0 Å². The van der Waals surface area contributed by atoms with E-state index in [9.17, 15) is 19.7 Å². The van der Waals surface area contributed by atoms with Gasteiger partial charge in [0.15, 0.2) is 0 Å². The molecule has 2 aliphatic rings. The fourth-order valence-electron chi connectivity index (χ4n) is 4.65. The Morgan fingerprint density at radius 3 is 2.72 bits per heavy atom. The van der Waals surface area contributed by atoms with E-state index in [0.29, 0.717) is 19.6 Å². The molecule has 0 saturated carbocycles. The molecule has 0 unspecified atom stereocenters. The first kappa shape index (κ1) is 19.8. The number of amides is 1. The lowest BCUT2D eigenvalue weighted by atomic mass is 9.82. The number of rotatable bonds is 6. The van der Waals surface area contributed by atoms with Gasteiger partial charge in [-0.15, -0.1) is 0 Å². The summed E-state index contributed by atoms with van der Waals surface area (Å²) in [4.78, 5) is 38.3. The van der Waals surface area contributed by atoms with Gasteiger partial charge < -0.3 is 14.0 Å². The van der Waals surface area contributed by atoms with Crippen LogP contribution in [-0.4, -0.2) is 50.0 Å². The number of carbonyl (C=O) groups is 1. The second kappa shape index (κ2) is 8.06. The van der Waals surface area contributed by atoms with Crippen LogP contribution in [0, 0.1) is 16.0 Å². The third-order valence-electron chi connectivity index (χ3n) is 5.96. The van der Waals surface area contributed by atoms with Gasteiger partial charge >= 0.3 is 11.2 Å². The summed E-state index contributed by atoms with van der Waals surface area (Å²) in [6, 6.07) is 6.62. The van der Waals surface area contributed by atoms with Crippen molar-refractivity contribution >= 4 is 23.4 Å². The summed E-state index contributed by atoms with van der Waals surface area (Å²) in [5.74, 6) is 1.18. The molecule has 2 aromatic heterocycles. The van der Waals surface area contributed by atoms with E-state index in [1.54, 1.807) is 22.4 Å². The van der Waals surface area contributed by atoms with E-state index in [0.717, 1.165) is 24.3 Å². The Balaban J connectivity index is 1.59. The van der Waals surface area contributed by atoms with E-state index in [1.807, 2.05) is 40.2 Å². The molecule has 9 heteroatoms. The van der Waals surface area contributed by atoms with E-state index in [1.165, 1.54) is 6.07 Å². The first-order valence-corrected chi connectivity index (χ1v) is 11.2. The summed E-state index contributed by atoms with van der Waals surface area (Å²) in [6.45, 7) is 1.56. The third kappa shape index (κ3) is 3.71. The average molecular weight is 417 g/mol. The van der Waals surface area contributed by atoms with Crippen molar-refractivity contribution in [3.63, 3.8) is 0 Å². The largest absolute Gasteiger partial charge is 0.342 e. The van der Waals surface area contributed by atoms with Gasteiger partial charge in [0.25, 0.3) is 0 Å². The van der Waals surface area contributed by atoms with Gasteiger partial charge in [0.2, 0.25) is 5.91 Å². The zero-order chi connectivity index (χ0) is 20.5. The first-order chi connectivity index (χ1) is 14.0. The van der Waals surface area contributed by atoms with Crippen LogP contribution in [-0.2, 0) is 11.3 Å². The van der Waals surface area contributed by atoms with E-state index >= 15 is 0 Å². The number of pyridine rings is 1. The summed E-state index contributed by atoms with van der Waals surface area (Å²) < 4.78 is 3.53. The zero-order valence-electron chi connectivity index (χ0n) is 16.3. The van der Waals surface area contributed by atoms with Gasteiger partial charge in [0.05, 0.1) is 4.92 Å². The fraction of sp³-hybridized carbons (Fsp3) is 0.500. The van der Waals surface area contributed by atoms with Gasteiger partial charge in [0.1, 0.15) is 6.04 Å². The van der Waals surface area contributed by atoms with Crippen molar-refractivity contribution in [1.82, 2.24) is 14.0 Å². The van der Waals surface area contributed by atoms with Crippen LogP contribution in [0.15, 0.2) is 41.5 Å². The van der Waals surface area contributed by atoms with Crippen molar-refractivity contribution in [3.8, 4) is 0 Å². The Labute approximate surface area is 172 Å². The highest BCUT2D eigenvalue weighted by molar-refractivity contribution is 7.98. The zero-order valence-corrected chi connectivity index (χ0v) is 17.1. The summed E-state index contributed by atoms with van der Waals surface area (Å²) in [7, 11) is 0. The van der Waals surface area contributed by atoms with E-state index in [4.69, 9.17) is 0 Å². The number of thioether (sulfide) groups is 1. The number of aromatic nitrogens is 2. The summed E-state index contributed by atoms with van der Waals surface area (Å²) >= 11 is 1.73. The molecule has 2 aliphatic heterocycles. The van der Waals surface area contributed by atoms with Crippen LogP contribution in [0.25, 0.3) is 0 Å². The minimum absolute atomic E-state index is 0.0332. The summed E-state index contributed by atoms with van der Waals surface area (Å²) in [5.41, 5.74) is -0.116. The monoisotopic (exact) mass is 416 g/mol. The number of fused-ring (bicyclic) bond motifs is 4. The molecule has 8 nitrogen and oxygen atoms in total. The Bertz CT molecular complexity index is 971. The van der Waals surface area contributed by atoms with Crippen molar-refractivity contribution in [2.75, 3.05) is 25.1 Å². The molecular formula is C20H24N4O4S. The molecule has 0 aromatic carbocycles. The molecule has 3 atom stereocenters. The molecule has 4 rings (SSSR count). The molecule has 4 heterocycles. The number of nitrogens with zero attached hydrogens (tertiary/aromatic N) is 4. The molecule has 0 spiro atoms. The molecule has 1 amide bonds. The second-order valence-corrected chi connectivity index (χ2v) is 8.77. The lowest BCUT2D eigenvalue weighted by Crippen LogP contribution is -2.51. The second-order valence-electron chi connectivity index (χ2n) is 7.79. The van der Waals surface area contributed by atoms with Crippen LogP contribution in [0.3, 0.4) is 0 Å². The highest BCUT2D eigenvalue weighted by Gasteiger charge is 2.39. The fourth-order valence-corrected chi connectivity index (χ4v) is 5.11. The molecule has 1 fully saturated rings. The minimum atomic E-state index is -0.622. The summed E-state index contributed by atoms with van der Waals surface area (Å²) in [6.07, 6.45) is 7.57. The highest BCUT2D eigenvalue weighted by atomic mass is 32.2. The van der Waals surface area contributed by atoms with Gasteiger partial charge in [-0.25, -0.2) is 0 Å². The molecule has 1 saturated heterocycles. The van der Waals surface area contributed by atoms with Crippen molar-refractivity contribution in [1.29, 1.82) is 0 Å². The van der Waals surface area contributed by atoms with Crippen LogP contribution >= 0.6 is 11.8 Å². The molecular weight excluding hydrogens is 392 g/mol. The number of nitro groups is 1. The predicted molar refractivity (Wildman–Crippen MR) is 111 cm³/mol. The number of piperidine rings is 1. The minimum Gasteiger partial charge on any atom is -0.342 e. The molecule has 2 aromatic rings. The van der Waals surface area contributed by atoms with Gasteiger partial charge in [-0.2, -0.15) is 11.8 Å². The molecule has 29 heavy (non-hydrogen) atoms. The van der Waals surface area contributed by atoms with Crippen LogP contribution < -0.4 is 5.56 Å². The summed E-state index contributed by atoms with van der Waals surface area (Å²) in [5, 5.41) is 11.1. The van der Waals surface area contributed by atoms with Gasteiger partial charge in [-0.05, 0) is 49.0 Å². The van der Waals surface area contributed by atoms with Crippen molar-refractivity contribution < 1.29 is 9.72 Å². The van der Waals surface area contributed by atoms with Crippen molar-refractivity contribution in [3.05, 3.63) is 62.8 Å². The number of hydrogen-bond donors (Lipinski definition) is 0. The molecule has 2 bridgehead atoms. The quantitative estimate of drug-likeness (QED) is 0.533. The average Bonchev–Trinajstić information content (AvgIpc) is 3.23. The third-order valence-corrected chi connectivity index (χ3v) is 6.60. The SMILES string of the molecule is CSCC[C@@H](C(=O)N1C[C@H]2C[C@@H](C1)c1ccc([N+](=O)[O-])c(=O)n1C2)n1cccc1. The molecule has 0 aliphatic carbocycles. The van der Waals surface area contributed by atoms with Crippen LogP contribution in [0.5, 0.6) is 0 Å². The topological polar surface area (TPSA) is 90.4 Å². The van der Waals surface area contributed by atoms with Crippen LogP contribution in [0.1, 0.15) is 30.5 Å². The maximum atomic E-state index is 13.4. The van der Waals surface area contributed by atoms with Crippen molar-refractivity contribution in [2.45, 2.75) is 31.3 Å². The van der Waals surface area contributed by atoms with E-state index in [-0.39, 0.29) is 29.5 Å². The van der Waals surface area contributed by atoms with Gasteiger partial charge in [-0.3, -0.25) is 19.7 Å². The predicted octanol–water partition coefficient (Wildman–Crippen LogP) is 2.50. The van der Waals surface area contributed by atoms with Gasteiger partial charge in [0, 0.05) is 49.7 Å². The smallest absolute Gasteiger partial charge is 0.334 e. The Hall–Kier alpha value is -2.55. The number of carbonyl (C=O) groups excluding carboxylic acids is 1. The first-order valence-electron chi connectivity index (χ1n) is 9.78. The Kier molecular flexibility index (Phi) is 5.49. The molecule has 154 valence electrons. The van der Waals surface area contributed by atoms with E-state index in [2.05, 4.69) is 0 Å². The van der Waals surface area contributed by atoms with Crippen LogP contribution in [0.4, 0.5) is 5.69 Å². The standard InChI is InChI=1S/C20H24N4O4S/c1-29-9-6-17(21-7-2-3-8-21)19(25)22-11-14-10-15(13-22)16-4-5-18(24(27)28)20(26)23(16)12-14/h2-5,7-8,14-15,17H,6,9-13H2,1H3/t14-,15+,17+/m1/s1.